The zero-order chi connectivity index (χ0) is 17.5. The normalized spacial score (nSPS) is 11.2. The van der Waals surface area contributed by atoms with Crippen LogP contribution in [0.5, 0.6) is 0 Å². The molecule has 0 aromatic heterocycles. The van der Waals surface area contributed by atoms with E-state index in [0.717, 1.165) is 5.56 Å². The van der Waals surface area contributed by atoms with E-state index in [1.165, 1.54) is 6.92 Å². The second kappa shape index (κ2) is 7.92. The average molecular weight is 326 g/mol. The molecule has 2 N–H and O–H groups in total. The molecule has 0 radical (unpaired) electrons. The molecule has 0 aliphatic heterocycles. The van der Waals surface area contributed by atoms with Crippen LogP contribution in [0, 0.1) is 6.92 Å². The molecule has 0 fully saturated rings. The predicted molar refractivity (Wildman–Crippen MR) is 88.1 cm³/mol. The summed E-state index contributed by atoms with van der Waals surface area (Å²) in [5, 5.41) is 0. The number of amides is 2. The Kier molecular flexibility index (Phi) is 5.68. The van der Waals surface area contributed by atoms with Gasteiger partial charge in [-0.05, 0) is 37.6 Å². The van der Waals surface area contributed by atoms with Gasteiger partial charge in [0.25, 0.3) is 11.8 Å². The standard InChI is InChI=1S/C18H18N2O4/c1-12-8-6-7-11-15(12)18(23)24-13(2)16(21)19-20-17(22)14-9-4-3-5-10-14/h3-11,13H,1-2H3,(H,19,21)(H,20,22)/t13-/m0/s1. The van der Waals surface area contributed by atoms with Crippen molar-refractivity contribution in [3.63, 3.8) is 0 Å². The first kappa shape index (κ1) is 17.2. The Morgan fingerprint density at radius 3 is 2.21 bits per heavy atom. The molecule has 0 saturated heterocycles. The number of hydrogen-bond donors (Lipinski definition) is 2. The van der Waals surface area contributed by atoms with Crippen LogP contribution >= 0.6 is 0 Å². The van der Waals surface area contributed by atoms with Gasteiger partial charge in [0, 0.05) is 5.56 Å². The molecule has 2 rings (SSSR count). The third-order valence-corrected chi connectivity index (χ3v) is 3.35. The van der Waals surface area contributed by atoms with Crippen molar-refractivity contribution >= 4 is 17.8 Å². The lowest BCUT2D eigenvalue weighted by Crippen LogP contribution is -2.46. The topological polar surface area (TPSA) is 84.5 Å². The number of aryl methyl sites for hydroxylation is 1. The summed E-state index contributed by atoms with van der Waals surface area (Å²) in [5.74, 6) is -1.67. The first-order chi connectivity index (χ1) is 11.5. The van der Waals surface area contributed by atoms with E-state index in [9.17, 15) is 14.4 Å². The summed E-state index contributed by atoms with van der Waals surface area (Å²) >= 11 is 0. The molecule has 0 bridgehead atoms. The van der Waals surface area contributed by atoms with E-state index in [2.05, 4.69) is 10.9 Å². The highest BCUT2D eigenvalue weighted by molar-refractivity contribution is 5.96. The van der Waals surface area contributed by atoms with E-state index >= 15 is 0 Å². The summed E-state index contributed by atoms with van der Waals surface area (Å²) in [7, 11) is 0. The van der Waals surface area contributed by atoms with Crippen LogP contribution < -0.4 is 10.9 Å². The summed E-state index contributed by atoms with van der Waals surface area (Å²) < 4.78 is 5.11. The van der Waals surface area contributed by atoms with Crippen molar-refractivity contribution in [3.8, 4) is 0 Å². The van der Waals surface area contributed by atoms with Crippen LogP contribution in [-0.2, 0) is 9.53 Å². The summed E-state index contributed by atoms with van der Waals surface area (Å²) in [5.41, 5.74) is 6.07. The highest BCUT2D eigenvalue weighted by Gasteiger charge is 2.20. The van der Waals surface area contributed by atoms with Crippen LogP contribution in [0.1, 0.15) is 33.2 Å². The molecule has 124 valence electrons. The molecule has 24 heavy (non-hydrogen) atoms. The number of nitrogens with one attached hydrogen (secondary N) is 2. The van der Waals surface area contributed by atoms with Crippen molar-refractivity contribution in [2.75, 3.05) is 0 Å². The second-order valence-electron chi connectivity index (χ2n) is 5.17. The number of esters is 1. The molecule has 0 heterocycles. The first-order valence-electron chi connectivity index (χ1n) is 7.41. The van der Waals surface area contributed by atoms with Crippen molar-refractivity contribution in [2.24, 2.45) is 0 Å². The Labute approximate surface area is 139 Å². The fourth-order valence-electron chi connectivity index (χ4n) is 1.96. The monoisotopic (exact) mass is 326 g/mol. The molecule has 2 aromatic rings. The third kappa shape index (κ3) is 4.42. The van der Waals surface area contributed by atoms with Crippen molar-refractivity contribution in [3.05, 3.63) is 71.3 Å². The molecule has 0 spiro atoms. The van der Waals surface area contributed by atoms with Crippen molar-refractivity contribution < 1.29 is 19.1 Å². The van der Waals surface area contributed by atoms with Crippen LogP contribution in [0.2, 0.25) is 0 Å². The molecule has 6 heteroatoms. The van der Waals surface area contributed by atoms with Gasteiger partial charge in [-0.3, -0.25) is 20.4 Å². The fourth-order valence-corrected chi connectivity index (χ4v) is 1.96. The summed E-state index contributed by atoms with van der Waals surface area (Å²) in [6, 6.07) is 15.4. The number of carbonyl (C=O) groups excluding carboxylic acids is 3. The van der Waals surface area contributed by atoms with E-state index in [-0.39, 0.29) is 0 Å². The number of rotatable bonds is 4. The van der Waals surface area contributed by atoms with Gasteiger partial charge in [-0.1, -0.05) is 36.4 Å². The van der Waals surface area contributed by atoms with E-state index in [0.29, 0.717) is 11.1 Å². The lowest BCUT2D eigenvalue weighted by atomic mass is 10.1. The maximum absolute atomic E-state index is 12.1. The van der Waals surface area contributed by atoms with Gasteiger partial charge in [0.05, 0.1) is 5.56 Å². The first-order valence-corrected chi connectivity index (χ1v) is 7.41. The van der Waals surface area contributed by atoms with E-state index in [4.69, 9.17) is 4.74 Å². The molecular weight excluding hydrogens is 308 g/mol. The van der Waals surface area contributed by atoms with Crippen molar-refractivity contribution in [1.82, 2.24) is 10.9 Å². The molecule has 2 aromatic carbocycles. The van der Waals surface area contributed by atoms with Crippen molar-refractivity contribution in [2.45, 2.75) is 20.0 Å². The van der Waals surface area contributed by atoms with E-state index in [1.807, 2.05) is 0 Å². The SMILES string of the molecule is Cc1ccccc1C(=O)O[C@@H](C)C(=O)NNC(=O)c1ccccc1. The zero-order valence-electron chi connectivity index (χ0n) is 13.4. The highest BCUT2D eigenvalue weighted by Crippen LogP contribution is 2.10. The second-order valence-corrected chi connectivity index (χ2v) is 5.17. The lowest BCUT2D eigenvalue weighted by molar-refractivity contribution is -0.129. The van der Waals surface area contributed by atoms with Gasteiger partial charge in [0.2, 0.25) is 0 Å². The van der Waals surface area contributed by atoms with Crippen molar-refractivity contribution in [1.29, 1.82) is 0 Å². The number of hydrogen-bond acceptors (Lipinski definition) is 4. The molecule has 0 aliphatic rings. The van der Waals surface area contributed by atoms with Crippen LogP contribution in [0.25, 0.3) is 0 Å². The van der Waals surface area contributed by atoms with Gasteiger partial charge in [0.15, 0.2) is 6.10 Å². The molecule has 6 nitrogen and oxygen atoms in total. The molecule has 1 atom stereocenters. The number of carbonyl (C=O) groups is 3. The third-order valence-electron chi connectivity index (χ3n) is 3.35. The minimum atomic E-state index is -1.05. The Balaban J connectivity index is 1.87. The molecule has 2 amide bonds. The van der Waals surface area contributed by atoms with Crippen LogP contribution in [0.3, 0.4) is 0 Å². The van der Waals surface area contributed by atoms with Gasteiger partial charge < -0.3 is 4.74 Å². The van der Waals surface area contributed by atoms with Gasteiger partial charge in [0.1, 0.15) is 0 Å². The Bertz CT molecular complexity index is 744. The van der Waals surface area contributed by atoms with Gasteiger partial charge in [-0.15, -0.1) is 0 Å². The zero-order valence-corrected chi connectivity index (χ0v) is 13.4. The molecule has 0 saturated carbocycles. The summed E-state index contributed by atoms with van der Waals surface area (Å²) in [6.45, 7) is 3.21. The lowest BCUT2D eigenvalue weighted by Gasteiger charge is -2.14. The average Bonchev–Trinajstić information content (AvgIpc) is 2.60. The minimum absolute atomic E-state index is 0.394. The summed E-state index contributed by atoms with van der Waals surface area (Å²) in [6.07, 6.45) is -1.05. The molecule has 0 aliphatic carbocycles. The Morgan fingerprint density at radius 2 is 1.54 bits per heavy atom. The number of hydrazine groups is 1. The predicted octanol–water partition coefficient (Wildman–Crippen LogP) is 2.00. The van der Waals surface area contributed by atoms with Crippen LogP contribution in [0.15, 0.2) is 54.6 Å². The van der Waals surface area contributed by atoms with Crippen LogP contribution in [-0.4, -0.2) is 23.9 Å². The van der Waals surface area contributed by atoms with E-state index < -0.39 is 23.9 Å². The summed E-state index contributed by atoms with van der Waals surface area (Å²) in [4.78, 5) is 35.8. The largest absolute Gasteiger partial charge is 0.449 e. The maximum Gasteiger partial charge on any atom is 0.339 e. The number of benzene rings is 2. The fraction of sp³-hybridized carbons (Fsp3) is 0.167. The molecule has 0 unspecified atom stereocenters. The highest BCUT2D eigenvalue weighted by atomic mass is 16.5. The van der Waals surface area contributed by atoms with E-state index in [1.54, 1.807) is 61.5 Å². The van der Waals surface area contributed by atoms with Crippen LogP contribution in [0.4, 0.5) is 0 Å². The van der Waals surface area contributed by atoms with Gasteiger partial charge >= 0.3 is 5.97 Å². The quantitative estimate of drug-likeness (QED) is 0.665. The maximum atomic E-state index is 12.1. The Morgan fingerprint density at radius 1 is 0.917 bits per heavy atom. The smallest absolute Gasteiger partial charge is 0.339 e. The minimum Gasteiger partial charge on any atom is -0.449 e. The van der Waals surface area contributed by atoms with Gasteiger partial charge in [-0.2, -0.15) is 0 Å². The molecular formula is C18H18N2O4. The Hall–Kier alpha value is -3.15. The number of ether oxygens (including phenoxy) is 1. The van der Waals surface area contributed by atoms with Gasteiger partial charge in [-0.25, -0.2) is 4.79 Å².